The van der Waals surface area contributed by atoms with E-state index in [-0.39, 0.29) is 42.2 Å². The van der Waals surface area contributed by atoms with Crippen LogP contribution in [0.15, 0.2) is 23.2 Å². The van der Waals surface area contributed by atoms with Gasteiger partial charge in [-0.25, -0.2) is 8.78 Å². The molecular formula is C15H23F2IN4O. The summed E-state index contributed by atoms with van der Waals surface area (Å²) in [6.07, 6.45) is 0.0863. The van der Waals surface area contributed by atoms with Crippen LogP contribution in [0.3, 0.4) is 0 Å². The van der Waals surface area contributed by atoms with E-state index in [1.165, 1.54) is 6.07 Å². The van der Waals surface area contributed by atoms with Crippen molar-refractivity contribution in [3.8, 4) is 0 Å². The summed E-state index contributed by atoms with van der Waals surface area (Å²) in [6, 6.07) is 3.39. The molecule has 1 unspecified atom stereocenters. The Morgan fingerprint density at radius 3 is 2.87 bits per heavy atom. The molecule has 130 valence electrons. The van der Waals surface area contributed by atoms with Crippen LogP contribution >= 0.6 is 24.0 Å². The Hall–Kier alpha value is -1.00. The highest BCUT2D eigenvalue weighted by Crippen LogP contribution is 2.09. The van der Waals surface area contributed by atoms with E-state index in [1.54, 1.807) is 7.05 Å². The standard InChI is InChI=1S/C15H22F2N4O.HI/c1-18-15(20-9-13-10-21(2)5-6-22-13)19-8-11-7-12(16)3-4-14(11)17;/h3-4,7,13H,5-6,8-10H2,1-2H3,(H2,18,19,20);1H. The summed E-state index contributed by atoms with van der Waals surface area (Å²) < 4.78 is 32.3. The first kappa shape index (κ1) is 20.0. The molecule has 1 atom stereocenters. The van der Waals surface area contributed by atoms with Crippen LogP contribution in [-0.2, 0) is 11.3 Å². The smallest absolute Gasteiger partial charge is 0.191 e. The van der Waals surface area contributed by atoms with Gasteiger partial charge >= 0.3 is 0 Å². The SMILES string of the molecule is CN=C(NCc1cc(F)ccc1F)NCC1CN(C)CCO1.I. The van der Waals surface area contributed by atoms with E-state index in [4.69, 9.17) is 4.74 Å². The van der Waals surface area contributed by atoms with Crippen LogP contribution in [0.2, 0.25) is 0 Å². The van der Waals surface area contributed by atoms with Gasteiger partial charge in [0, 0.05) is 38.8 Å². The Kier molecular flexibility index (Phi) is 8.71. The average molecular weight is 440 g/mol. The zero-order valence-electron chi connectivity index (χ0n) is 13.3. The summed E-state index contributed by atoms with van der Waals surface area (Å²) in [5, 5.41) is 6.10. The molecule has 1 aliphatic rings. The molecule has 1 aromatic carbocycles. The highest BCUT2D eigenvalue weighted by Gasteiger charge is 2.17. The van der Waals surface area contributed by atoms with Crippen LogP contribution in [0.4, 0.5) is 8.78 Å². The summed E-state index contributed by atoms with van der Waals surface area (Å²) in [5.74, 6) is -0.373. The van der Waals surface area contributed by atoms with Gasteiger partial charge in [0.05, 0.1) is 12.7 Å². The zero-order chi connectivity index (χ0) is 15.9. The Balaban J connectivity index is 0.00000264. The molecule has 1 saturated heterocycles. The number of hydrogen-bond donors (Lipinski definition) is 2. The monoisotopic (exact) mass is 440 g/mol. The number of hydrogen-bond acceptors (Lipinski definition) is 3. The largest absolute Gasteiger partial charge is 0.374 e. The van der Waals surface area contributed by atoms with Crippen LogP contribution in [-0.4, -0.2) is 57.3 Å². The van der Waals surface area contributed by atoms with Crippen LogP contribution in [0.5, 0.6) is 0 Å². The maximum atomic E-state index is 13.6. The highest BCUT2D eigenvalue weighted by atomic mass is 127. The molecule has 0 aliphatic carbocycles. The summed E-state index contributed by atoms with van der Waals surface area (Å²) in [5.41, 5.74) is 0.261. The molecule has 0 aromatic heterocycles. The van der Waals surface area contributed by atoms with Gasteiger partial charge in [-0.2, -0.15) is 0 Å². The predicted molar refractivity (Wildman–Crippen MR) is 97.2 cm³/mol. The van der Waals surface area contributed by atoms with Crippen molar-refractivity contribution in [2.24, 2.45) is 4.99 Å². The van der Waals surface area contributed by atoms with Crippen LogP contribution < -0.4 is 10.6 Å². The number of nitrogens with zero attached hydrogens (tertiary/aromatic N) is 2. The molecule has 1 fully saturated rings. The van der Waals surface area contributed by atoms with E-state index >= 15 is 0 Å². The van der Waals surface area contributed by atoms with Gasteiger partial charge < -0.3 is 20.3 Å². The fraction of sp³-hybridized carbons (Fsp3) is 0.533. The molecule has 0 bridgehead atoms. The summed E-state index contributed by atoms with van der Waals surface area (Å²) in [7, 11) is 3.68. The Morgan fingerprint density at radius 1 is 1.39 bits per heavy atom. The van der Waals surface area contributed by atoms with Crippen molar-refractivity contribution in [2.45, 2.75) is 12.6 Å². The second-order valence-corrected chi connectivity index (χ2v) is 5.30. The quantitative estimate of drug-likeness (QED) is 0.424. The average Bonchev–Trinajstić information content (AvgIpc) is 2.51. The molecule has 0 saturated carbocycles. The van der Waals surface area contributed by atoms with Crippen molar-refractivity contribution in [1.29, 1.82) is 0 Å². The Morgan fingerprint density at radius 2 is 2.17 bits per heavy atom. The van der Waals surface area contributed by atoms with Crippen molar-refractivity contribution in [3.63, 3.8) is 0 Å². The molecule has 1 aromatic rings. The number of halogens is 3. The van der Waals surface area contributed by atoms with Crippen molar-refractivity contribution in [2.75, 3.05) is 40.3 Å². The van der Waals surface area contributed by atoms with E-state index in [2.05, 4.69) is 27.6 Å². The van der Waals surface area contributed by atoms with Crippen molar-refractivity contribution in [1.82, 2.24) is 15.5 Å². The second-order valence-electron chi connectivity index (χ2n) is 5.30. The second kappa shape index (κ2) is 9.99. The van der Waals surface area contributed by atoms with Gasteiger partial charge in [-0.15, -0.1) is 24.0 Å². The third-order valence-electron chi connectivity index (χ3n) is 3.52. The molecule has 1 aliphatic heterocycles. The van der Waals surface area contributed by atoms with Crippen LogP contribution in [0.1, 0.15) is 5.56 Å². The molecule has 5 nitrogen and oxygen atoms in total. The minimum Gasteiger partial charge on any atom is -0.374 e. The third kappa shape index (κ3) is 6.56. The predicted octanol–water partition coefficient (Wildman–Crippen LogP) is 1.58. The number of nitrogens with one attached hydrogen (secondary N) is 2. The molecule has 0 radical (unpaired) electrons. The minimum absolute atomic E-state index is 0. The van der Waals surface area contributed by atoms with Gasteiger partial charge in [0.25, 0.3) is 0 Å². The highest BCUT2D eigenvalue weighted by molar-refractivity contribution is 14.0. The lowest BCUT2D eigenvalue weighted by Crippen LogP contribution is -2.48. The lowest BCUT2D eigenvalue weighted by atomic mass is 10.2. The fourth-order valence-corrected chi connectivity index (χ4v) is 2.28. The minimum atomic E-state index is -0.459. The zero-order valence-corrected chi connectivity index (χ0v) is 15.6. The van der Waals surface area contributed by atoms with E-state index in [9.17, 15) is 8.78 Å². The number of guanidine groups is 1. The molecule has 8 heteroatoms. The van der Waals surface area contributed by atoms with E-state index in [1.807, 2.05) is 0 Å². The first-order chi connectivity index (χ1) is 10.6. The number of morpholine rings is 1. The van der Waals surface area contributed by atoms with Gasteiger partial charge in [0.15, 0.2) is 5.96 Å². The number of likely N-dealkylation sites (N-methyl/N-ethyl adjacent to an activating group) is 1. The molecule has 0 amide bonds. The van der Waals surface area contributed by atoms with Gasteiger partial charge in [-0.3, -0.25) is 4.99 Å². The number of rotatable bonds is 4. The maximum absolute atomic E-state index is 13.6. The number of benzene rings is 1. The summed E-state index contributed by atoms with van der Waals surface area (Å²) in [6.45, 7) is 3.26. The van der Waals surface area contributed by atoms with Crippen molar-refractivity contribution < 1.29 is 13.5 Å². The van der Waals surface area contributed by atoms with Gasteiger partial charge in [-0.1, -0.05) is 0 Å². The first-order valence-electron chi connectivity index (χ1n) is 7.27. The molecule has 2 N–H and O–H groups in total. The van der Waals surface area contributed by atoms with Crippen molar-refractivity contribution in [3.05, 3.63) is 35.4 Å². The van der Waals surface area contributed by atoms with E-state index in [0.29, 0.717) is 19.1 Å². The van der Waals surface area contributed by atoms with Gasteiger partial charge in [0.1, 0.15) is 11.6 Å². The maximum Gasteiger partial charge on any atom is 0.191 e. The van der Waals surface area contributed by atoms with Crippen LogP contribution in [0.25, 0.3) is 0 Å². The third-order valence-corrected chi connectivity index (χ3v) is 3.52. The molecule has 1 heterocycles. The lowest BCUT2D eigenvalue weighted by Gasteiger charge is -2.30. The Labute approximate surface area is 152 Å². The van der Waals surface area contributed by atoms with Crippen molar-refractivity contribution >= 4 is 29.9 Å². The molecular weight excluding hydrogens is 417 g/mol. The lowest BCUT2D eigenvalue weighted by molar-refractivity contribution is -0.0161. The Bertz CT molecular complexity index is 530. The normalized spacial score (nSPS) is 19.1. The van der Waals surface area contributed by atoms with Gasteiger partial charge in [0.2, 0.25) is 0 Å². The molecule has 0 spiro atoms. The van der Waals surface area contributed by atoms with Crippen LogP contribution in [0, 0.1) is 11.6 Å². The van der Waals surface area contributed by atoms with E-state index in [0.717, 1.165) is 25.2 Å². The first-order valence-corrected chi connectivity index (χ1v) is 7.27. The summed E-state index contributed by atoms with van der Waals surface area (Å²) in [4.78, 5) is 6.27. The molecule has 23 heavy (non-hydrogen) atoms. The summed E-state index contributed by atoms with van der Waals surface area (Å²) >= 11 is 0. The van der Waals surface area contributed by atoms with Gasteiger partial charge in [-0.05, 0) is 25.2 Å². The number of ether oxygens (including phenoxy) is 1. The number of aliphatic imine (C=N–C) groups is 1. The fourth-order valence-electron chi connectivity index (χ4n) is 2.28. The molecule has 2 rings (SSSR count). The van der Waals surface area contributed by atoms with E-state index < -0.39 is 11.6 Å². The topological polar surface area (TPSA) is 48.9 Å².